The van der Waals surface area contributed by atoms with Crippen LogP contribution in [0.25, 0.3) is 0 Å². The molecule has 0 saturated heterocycles. The number of ether oxygens (including phenoxy) is 1. The molecule has 0 aromatic heterocycles. The maximum absolute atomic E-state index is 12.5. The van der Waals surface area contributed by atoms with Gasteiger partial charge in [0, 0.05) is 6.54 Å². The number of benzene rings is 2. The molecule has 0 aliphatic carbocycles. The quantitative estimate of drug-likeness (QED) is 0.768. The van der Waals surface area contributed by atoms with Gasteiger partial charge in [-0.25, -0.2) is 0 Å². The molecule has 0 spiro atoms. The van der Waals surface area contributed by atoms with Gasteiger partial charge in [0.15, 0.2) is 0 Å². The molecule has 2 rings (SSSR count). The Bertz CT molecular complexity index is 712. The minimum absolute atomic E-state index is 0.0389. The SMILES string of the molecule is CCN(CC)CCOc1ccccc1NC(=O)c1cc(C)ccc1O. The Hall–Kier alpha value is -2.53. The molecule has 0 saturated carbocycles. The van der Waals surface area contributed by atoms with Crippen LogP contribution in [0.4, 0.5) is 5.69 Å². The number of nitrogens with one attached hydrogen (secondary N) is 1. The van der Waals surface area contributed by atoms with Crippen molar-refractivity contribution in [3.05, 3.63) is 53.6 Å². The number of phenolic OH excluding ortho intramolecular Hbond substituents is 1. The highest BCUT2D eigenvalue weighted by Gasteiger charge is 2.14. The Labute approximate surface area is 149 Å². The van der Waals surface area contributed by atoms with E-state index in [1.165, 1.54) is 6.07 Å². The number of amides is 1. The van der Waals surface area contributed by atoms with Crippen molar-refractivity contribution in [3.63, 3.8) is 0 Å². The van der Waals surface area contributed by atoms with Crippen LogP contribution in [0.15, 0.2) is 42.5 Å². The van der Waals surface area contributed by atoms with Gasteiger partial charge in [-0.2, -0.15) is 0 Å². The third-order valence-corrected chi connectivity index (χ3v) is 4.09. The number of hydrogen-bond donors (Lipinski definition) is 2. The highest BCUT2D eigenvalue weighted by atomic mass is 16.5. The Morgan fingerprint density at radius 3 is 2.60 bits per heavy atom. The topological polar surface area (TPSA) is 61.8 Å². The van der Waals surface area contributed by atoms with E-state index in [9.17, 15) is 9.90 Å². The largest absolute Gasteiger partial charge is 0.507 e. The normalized spacial score (nSPS) is 10.7. The minimum atomic E-state index is -0.360. The van der Waals surface area contributed by atoms with Crippen molar-refractivity contribution in [2.45, 2.75) is 20.8 Å². The van der Waals surface area contributed by atoms with Gasteiger partial charge >= 0.3 is 0 Å². The lowest BCUT2D eigenvalue weighted by Gasteiger charge is -2.19. The summed E-state index contributed by atoms with van der Waals surface area (Å²) in [5.74, 6) is 0.221. The first kappa shape index (κ1) is 18.8. The maximum Gasteiger partial charge on any atom is 0.259 e. The number of aryl methyl sites for hydroxylation is 1. The van der Waals surface area contributed by atoms with Crippen molar-refractivity contribution in [1.82, 2.24) is 4.90 Å². The Morgan fingerprint density at radius 2 is 1.88 bits per heavy atom. The van der Waals surface area contributed by atoms with Crippen LogP contribution in [0.5, 0.6) is 11.5 Å². The van der Waals surface area contributed by atoms with Crippen LogP contribution in [0.1, 0.15) is 29.8 Å². The van der Waals surface area contributed by atoms with Gasteiger partial charge in [0.25, 0.3) is 5.91 Å². The van der Waals surface area contributed by atoms with Crippen LogP contribution in [0, 0.1) is 6.92 Å². The summed E-state index contributed by atoms with van der Waals surface area (Å²) in [6.45, 7) is 9.44. The number of phenols is 1. The fourth-order valence-corrected chi connectivity index (χ4v) is 2.54. The van der Waals surface area contributed by atoms with E-state index in [-0.39, 0.29) is 17.2 Å². The lowest BCUT2D eigenvalue weighted by atomic mass is 10.1. The lowest BCUT2D eigenvalue weighted by molar-refractivity contribution is 0.102. The van der Waals surface area contributed by atoms with Gasteiger partial charge in [-0.1, -0.05) is 37.6 Å². The van der Waals surface area contributed by atoms with E-state index in [1.54, 1.807) is 18.2 Å². The molecule has 0 bridgehead atoms. The number of rotatable bonds is 8. The molecule has 0 radical (unpaired) electrons. The third-order valence-electron chi connectivity index (χ3n) is 4.09. The second-order valence-corrected chi connectivity index (χ2v) is 5.85. The number of nitrogens with zero attached hydrogens (tertiary/aromatic N) is 1. The van der Waals surface area contributed by atoms with Gasteiger partial charge in [0.05, 0.1) is 11.3 Å². The molecule has 0 heterocycles. The Morgan fingerprint density at radius 1 is 1.16 bits per heavy atom. The van der Waals surface area contributed by atoms with Crippen LogP contribution >= 0.6 is 0 Å². The summed E-state index contributed by atoms with van der Waals surface area (Å²) in [6.07, 6.45) is 0. The maximum atomic E-state index is 12.5. The number of anilines is 1. The van der Waals surface area contributed by atoms with Gasteiger partial charge in [0.1, 0.15) is 18.1 Å². The summed E-state index contributed by atoms with van der Waals surface area (Å²) in [7, 11) is 0. The van der Waals surface area contributed by atoms with Crippen LogP contribution in [-0.2, 0) is 0 Å². The highest BCUT2D eigenvalue weighted by Crippen LogP contribution is 2.26. The molecule has 134 valence electrons. The van der Waals surface area contributed by atoms with Crippen LogP contribution in [0.2, 0.25) is 0 Å². The van der Waals surface area contributed by atoms with Gasteiger partial charge in [-0.3, -0.25) is 4.79 Å². The van der Waals surface area contributed by atoms with Crippen LogP contribution in [0.3, 0.4) is 0 Å². The van der Waals surface area contributed by atoms with E-state index in [0.29, 0.717) is 18.0 Å². The molecule has 5 heteroatoms. The molecule has 5 nitrogen and oxygen atoms in total. The first-order valence-corrected chi connectivity index (χ1v) is 8.60. The van der Waals surface area contributed by atoms with Crippen molar-refractivity contribution < 1.29 is 14.6 Å². The van der Waals surface area contributed by atoms with Gasteiger partial charge in [0.2, 0.25) is 0 Å². The van der Waals surface area contributed by atoms with Crippen molar-refractivity contribution in [2.75, 3.05) is 31.6 Å². The second kappa shape index (κ2) is 9.08. The zero-order valence-electron chi connectivity index (χ0n) is 15.1. The minimum Gasteiger partial charge on any atom is -0.507 e. The summed E-state index contributed by atoms with van der Waals surface area (Å²) < 4.78 is 5.84. The van der Waals surface area contributed by atoms with E-state index in [1.807, 2.05) is 25.1 Å². The van der Waals surface area contributed by atoms with Crippen molar-refractivity contribution in [3.8, 4) is 11.5 Å². The molecule has 0 aliphatic heterocycles. The second-order valence-electron chi connectivity index (χ2n) is 5.85. The van der Waals surface area contributed by atoms with Crippen LogP contribution in [-0.4, -0.2) is 42.2 Å². The summed E-state index contributed by atoms with van der Waals surface area (Å²) in [5, 5.41) is 12.7. The lowest BCUT2D eigenvalue weighted by Crippen LogP contribution is -2.28. The first-order valence-electron chi connectivity index (χ1n) is 8.60. The average molecular weight is 342 g/mol. The monoisotopic (exact) mass is 342 g/mol. The molecule has 25 heavy (non-hydrogen) atoms. The number of hydrogen-bond acceptors (Lipinski definition) is 4. The third kappa shape index (κ3) is 5.22. The van der Waals surface area contributed by atoms with E-state index < -0.39 is 0 Å². The predicted molar refractivity (Wildman–Crippen MR) is 101 cm³/mol. The van der Waals surface area contributed by atoms with Crippen molar-refractivity contribution >= 4 is 11.6 Å². The van der Waals surface area contributed by atoms with E-state index in [4.69, 9.17) is 4.74 Å². The summed E-state index contributed by atoms with van der Waals surface area (Å²) in [6, 6.07) is 12.3. The predicted octanol–water partition coefficient (Wildman–Crippen LogP) is 3.67. The molecule has 0 fully saturated rings. The summed E-state index contributed by atoms with van der Waals surface area (Å²) in [4.78, 5) is 14.7. The number of carbonyl (C=O) groups excluding carboxylic acids is 1. The van der Waals surface area contributed by atoms with Gasteiger partial charge < -0.3 is 20.1 Å². The van der Waals surface area contributed by atoms with E-state index in [2.05, 4.69) is 24.1 Å². The summed E-state index contributed by atoms with van der Waals surface area (Å²) >= 11 is 0. The molecular formula is C20H26N2O3. The van der Waals surface area contributed by atoms with Crippen molar-refractivity contribution in [2.24, 2.45) is 0 Å². The molecule has 1 amide bonds. The highest BCUT2D eigenvalue weighted by molar-refractivity contribution is 6.06. The summed E-state index contributed by atoms with van der Waals surface area (Å²) in [5.41, 5.74) is 1.75. The van der Waals surface area contributed by atoms with Crippen molar-refractivity contribution in [1.29, 1.82) is 0 Å². The number of carbonyl (C=O) groups is 1. The molecule has 0 aliphatic rings. The fourth-order valence-electron chi connectivity index (χ4n) is 2.54. The molecule has 2 aromatic rings. The molecule has 2 N–H and O–H groups in total. The number of para-hydroxylation sites is 2. The average Bonchev–Trinajstić information content (AvgIpc) is 2.62. The van der Waals surface area contributed by atoms with Gasteiger partial charge in [-0.15, -0.1) is 0 Å². The zero-order valence-corrected chi connectivity index (χ0v) is 15.1. The van der Waals surface area contributed by atoms with Crippen LogP contribution < -0.4 is 10.1 Å². The van der Waals surface area contributed by atoms with Gasteiger partial charge in [-0.05, 0) is 44.3 Å². The number of likely N-dealkylation sites (N-methyl/N-ethyl adjacent to an activating group) is 1. The smallest absolute Gasteiger partial charge is 0.259 e. The fraction of sp³-hybridized carbons (Fsp3) is 0.350. The Kier molecular flexibility index (Phi) is 6.83. The zero-order chi connectivity index (χ0) is 18.2. The Balaban J connectivity index is 2.07. The molecular weight excluding hydrogens is 316 g/mol. The van der Waals surface area contributed by atoms with E-state index >= 15 is 0 Å². The molecule has 0 unspecified atom stereocenters. The number of aromatic hydroxyl groups is 1. The molecule has 0 atom stereocenters. The standard InChI is InChI=1S/C20H26N2O3/c1-4-22(5-2)12-13-25-19-9-7-6-8-17(19)21-20(24)16-14-15(3)10-11-18(16)23/h6-11,14,23H,4-5,12-13H2,1-3H3,(H,21,24). The molecule has 2 aromatic carbocycles. The van der Waals surface area contributed by atoms with E-state index in [0.717, 1.165) is 25.2 Å². The first-order chi connectivity index (χ1) is 12.0.